The van der Waals surface area contributed by atoms with Crippen LogP contribution in [0.3, 0.4) is 0 Å². The van der Waals surface area contributed by atoms with Crippen LogP contribution in [0.4, 0.5) is 0 Å². The molecule has 1 saturated heterocycles. The van der Waals surface area contributed by atoms with Gasteiger partial charge in [-0.25, -0.2) is 0 Å². The largest absolute Gasteiger partial charge is 0.336 e. The molecule has 0 unspecified atom stereocenters. The van der Waals surface area contributed by atoms with Crippen LogP contribution in [0.2, 0.25) is 0 Å². The quantitative estimate of drug-likeness (QED) is 0.836. The Hall–Kier alpha value is -1.35. The third-order valence-corrected chi connectivity index (χ3v) is 3.32. The molecule has 0 spiro atoms. The van der Waals surface area contributed by atoms with E-state index in [1.54, 1.807) is 0 Å². The Kier molecular flexibility index (Phi) is 3.25. The molecule has 1 aliphatic heterocycles. The SMILES string of the molecule is C[C@@H](c1ccccc1)N1C[C@@H](CN)CC1=O. The second-order valence-electron chi connectivity index (χ2n) is 4.44. The molecule has 0 radical (unpaired) electrons. The fourth-order valence-electron chi connectivity index (χ4n) is 2.25. The van der Waals surface area contributed by atoms with Crippen molar-refractivity contribution in [3.63, 3.8) is 0 Å². The summed E-state index contributed by atoms with van der Waals surface area (Å²) in [7, 11) is 0. The molecule has 0 aliphatic carbocycles. The fourth-order valence-corrected chi connectivity index (χ4v) is 2.25. The summed E-state index contributed by atoms with van der Waals surface area (Å²) >= 11 is 0. The maximum Gasteiger partial charge on any atom is 0.223 e. The number of nitrogens with two attached hydrogens (primary N) is 1. The zero-order valence-corrected chi connectivity index (χ0v) is 9.60. The minimum Gasteiger partial charge on any atom is -0.336 e. The van der Waals surface area contributed by atoms with Crippen LogP contribution >= 0.6 is 0 Å². The highest BCUT2D eigenvalue weighted by Gasteiger charge is 2.32. The van der Waals surface area contributed by atoms with Crippen LogP contribution in [-0.4, -0.2) is 23.9 Å². The highest BCUT2D eigenvalue weighted by atomic mass is 16.2. The van der Waals surface area contributed by atoms with Crippen molar-refractivity contribution in [2.45, 2.75) is 19.4 Å². The van der Waals surface area contributed by atoms with Crippen LogP contribution in [0.15, 0.2) is 30.3 Å². The van der Waals surface area contributed by atoms with Crippen LogP contribution in [0.25, 0.3) is 0 Å². The number of hydrogen-bond donors (Lipinski definition) is 1. The molecule has 1 heterocycles. The number of hydrogen-bond acceptors (Lipinski definition) is 2. The molecule has 2 rings (SSSR count). The lowest BCUT2D eigenvalue weighted by atomic mass is 10.1. The summed E-state index contributed by atoms with van der Waals surface area (Å²) in [6.45, 7) is 3.47. The van der Waals surface area contributed by atoms with Gasteiger partial charge in [0.05, 0.1) is 6.04 Å². The lowest BCUT2D eigenvalue weighted by Crippen LogP contribution is -2.29. The van der Waals surface area contributed by atoms with Crippen LogP contribution in [-0.2, 0) is 4.79 Å². The van der Waals surface area contributed by atoms with E-state index in [4.69, 9.17) is 5.73 Å². The molecular weight excluding hydrogens is 200 g/mol. The Balaban J connectivity index is 2.11. The molecule has 1 aliphatic rings. The van der Waals surface area contributed by atoms with Gasteiger partial charge in [-0.05, 0) is 24.9 Å². The van der Waals surface area contributed by atoms with E-state index in [1.165, 1.54) is 5.56 Å². The van der Waals surface area contributed by atoms with Gasteiger partial charge in [-0.3, -0.25) is 4.79 Å². The molecule has 1 fully saturated rings. The lowest BCUT2D eigenvalue weighted by molar-refractivity contribution is -0.129. The predicted octanol–water partition coefficient (Wildman–Crippen LogP) is 1.55. The van der Waals surface area contributed by atoms with Crippen LogP contribution in [0.5, 0.6) is 0 Å². The summed E-state index contributed by atoms with van der Waals surface area (Å²) in [5, 5.41) is 0. The van der Waals surface area contributed by atoms with Crippen molar-refractivity contribution in [3.8, 4) is 0 Å². The van der Waals surface area contributed by atoms with Crippen molar-refractivity contribution >= 4 is 5.91 Å². The Morgan fingerprint density at radius 3 is 2.69 bits per heavy atom. The Bertz CT molecular complexity index is 363. The van der Waals surface area contributed by atoms with Crippen molar-refractivity contribution in [1.82, 2.24) is 4.90 Å². The van der Waals surface area contributed by atoms with E-state index in [9.17, 15) is 4.79 Å². The molecule has 1 aromatic carbocycles. The van der Waals surface area contributed by atoms with E-state index >= 15 is 0 Å². The number of carbonyl (C=O) groups is 1. The molecule has 1 aromatic rings. The maximum atomic E-state index is 11.8. The monoisotopic (exact) mass is 218 g/mol. The molecule has 2 N–H and O–H groups in total. The average molecular weight is 218 g/mol. The first-order valence-corrected chi connectivity index (χ1v) is 5.77. The van der Waals surface area contributed by atoms with Gasteiger partial charge in [0.2, 0.25) is 5.91 Å². The number of carbonyl (C=O) groups excluding carboxylic acids is 1. The number of likely N-dealkylation sites (tertiary alicyclic amines) is 1. The van der Waals surface area contributed by atoms with Gasteiger partial charge in [-0.2, -0.15) is 0 Å². The van der Waals surface area contributed by atoms with Crippen LogP contribution in [0.1, 0.15) is 24.9 Å². The summed E-state index contributed by atoms with van der Waals surface area (Å²) in [6, 6.07) is 10.3. The fraction of sp³-hybridized carbons (Fsp3) is 0.462. The van der Waals surface area contributed by atoms with E-state index < -0.39 is 0 Å². The molecule has 1 amide bonds. The molecule has 2 atom stereocenters. The highest BCUT2D eigenvalue weighted by molar-refractivity contribution is 5.79. The van der Waals surface area contributed by atoms with Crippen LogP contribution in [0, 0.1) is 5.92 Å². The Morgan fingerprint density at radius 1 is 1.44 bits per heavy atom. The van der Waals surface area contributed by atoms with Gasteiger partial charge in [0.25, 0.3) is 0 Å². The molecular formula is C13H18N2O. The van der Waals surface area contributed by atoms with Gasteiger partial charge in [-0.15, -0.1) is 0 Å². The van der Waals surface area contributed by atoms with E-state index in [2.05, 4.69) is 19.1 Å². The van der Waals surface area contributed by atoms with E-state index in [-0.39, 0.29) is 11.9 Å². The van der Waals surface area contributed by atoms with Gasteiger partial charge in [0.15, 0.2) is 0 Å². The lowest BCUT2D eigenvalue weighted by Gasteiger charge is -2.25. The molecule has 3 nitrogen and oxygen atoms in total. The van der Waals surface area contributed by atoms with Crippen molar-refractivity contribution in [3.05, 3.63) is 35.9 Å². The van der Waals surface area contributed by atoms with E-state index in [0.29, 0.717) is 18.9 Å². The first kappa shape index (κ1) is 11.1. The third-order valence-electron chi connectivity index (χ3n) is 3.32. The summed E-state index contributed by atoms with van der Waals surface area (Å²) in [5.74, 6) is 0.561. The molecule has 16 heavy (non-hydrogen) atoms. The normalized spacial score (nSPS) is 22.5. The maximum absolute atomic E-state index is 11.8. The Labute approximate surface area is 96.2 Å². The highest BCUT2D eigenvalue weighted by Crippen LogP contribution is 2.27. The van der Waals surface area contributed by atoms with Gasteiger partial charge < -0.3 is 10.6 Å². The standard InChI is InChI=1S/C13H18N2O/c1-10(12-5-3-2-4-6-12)15-9-11(8-14)7-13(15)16/h2-6,10-11H,7-9,14H2,1H3/t10-,11+/m0/s1. The number of amides is 1. The molecule has 0 saturated carbocycles. The minimum absolute atomic E-state index is 0.158. The average Bonchev–Trinajstić information content (AvgIpc) is 2.71. The zero-order valence-electron chi connectivity index (χ0n) is 9.60. The number of benzene rings is 1. The van der Waals surface area contributed by atoms with Crippen molar-refractivity contribution in [1.29, 1.82) is 0 Å². The Morgan fingerprint density at radius 2 is 2.12 bits per heavy atom. The zero-order chi connectivity index (χ0) is 11.5. The molecule has 0 bridgehead atoms. The van der Waals surface area contributed by atoms with Gasteiger partial charge in [0, 0.05) is 13.0 Å². The first-order valence-electron chi connectivity index (χ1n) is 5.77. The van der Waals surface area contributed by atoms with Crippen LogP contribution < -0.4 is 5.73 Å². The summed E-state index contributed by atoms with van der Waals surface area (Å²) < 4.78 is 0. The first-order chi connectivity index (χ1) is 7.72. The number of nitrogens with zero attached hydrogens (tertiary/aromatic N) is 1. The summed E-state index contributed by atoms with van der Waals surface area (Å²) in [4.78, 5) is 13.8. The van der Waals surface area contributed by atoms with E-state index in [1.807, 2.05) is 23.1 Å². The van der Waals surface area contributed by atoms with E-state index in [0.717, 1.165) is 6.54 Å². The smallest absolute Gasteiger partial charge is 0.223 e. The second kappa shape index (κ2) is 4.66. The van der Waals surface area contributed by atoms with Crippen molar-refractivity contribution in [2.24, 2.45) is 11.7 Å². The van der Waals surface area contributed by atoms with Gasteiger partial charge in [-0.1, -0.05) is 30.3 Å². The topological polar surface area (TPSA) is 46.3 Å². The van der Waals surface area contributed by atoms with Crippen molar-refractivity contribution in [2.75, 3.05) is 13.1 Å². The summed E-state index contributed by atoms with van der Waals surface area (Å²) in [5.41, 5.74) is 6.81. The van der Waals surface area contributed by atoms with Gasteiger partial charge >= 0.3 is 0 Å². The third kappa shape index (κ3) is 2.09. The minimum atomic E-state index is 0.158. The van der Waals surface area contributed by atoms with Crippen molar-refractivity contribution < 1.29 is 4.79 Å². The van der Waals surface area contributed by atoms with Gasteiger partial charge in [0.1, 0.15) is 0 Å². The summed E-state index contributed by atoms with van der Waals surface area (Å²) in [6.07, 6.45) is 0.605. The molecule has 86 valence electrons. The number of rotatable bonds is 3. The molecule has 0 aromatic heterocycles. The molecule has 3 heteroatoms. The predicted molar refractivity (Wildman–Crippen MR) is 63.7 cm³/mol. The second-order valence-corrected chi connectivity index (χ2v) is 4.44.